The van der Waals surface area contributed by atoms with Crippen molar-refractivity contribution in [2.75, 3.05) is 27.7 Å². The number of para-hydroxylation sites is 1. The molecule has 5 nitrogen and oxygen atoms in total. The van der Waals surface area contributed by atoms with E-state index in [-0.39, 0.29) is 18.4 Å². The van der Waals surface area contributed by atoms with Crippen LogP contribution >= 0.6 is 0 Å². The lowest BCUT2D eigenvalue weighted by atomic mass is 10.1. The highest BCUT2D eigenvalue weighted by Gasteiger charge is 2.14. The van der Waals surface area contributed by atoms with Gasteiger partial charge in [-0.25, -0.2) is 0 Å². The summed E-state index contributed by atoms with van der Waals surface area (Å²) < 4.78 is 0. The highest BCUT2D eigenvalue weighted by atomic mass is 16.2. The van der Waals surface area contributed by atoms with Gasteiger partial charge in [-0.1, -0.05) is 18.2 Å². The second-order valence-corrected chi connectivity index (χ2v) is 5.40. The Labute approximate surface area is 124 Å². The van der Waals surface area contributed by atoms with Crippen molar-refractivity contribution in [3.8, 4) is 0 Å². The summed E-state index contributed by atoms with van der Waals surface area (Å²) in [7, 11) is 5.04. The predicted molar refractivity (Wildman–Crippen MR) is 83.0 cm³/mol. The van der Waals surface area contributed by atoms with Crippen molar-refractivity contribution in [1.82, 2.24) is 14.8 Å². The molecule has 1 aromatic carbocycles. The summed E-state index contributed by atoms with van der Waals surface area (Å²) in [6.07, 6.45) is 3.02. The van der Waals surface area contributed by atoms with Crippen LogP contribution in [-0.2, 0) is 16.0 Å². The molecule has 0 atom stereocenters. The van der Waals surface area contributed by atoms with Crippen LogP contribution < -0.4 is 0 Å². The molecule has 0 fully saturated rings. The van der Waals surface area contributed by atoms with Crippen molar-refractivity contribution in [1.29, 1.82) is 0 Å². The monoisotopic (exact) mass is 287 g/mol. The fourth-order valence-electron chi connectivity index (χ4n) is 2.20. The Morgan fingerprint density at radius 3 is 2.52 bits per heavy atom. The number of benzene rings is 1. The molecule has 0 aliphatic rings. The van der Waals surface area contributed by atoms with Gasteiger partial charge in [-0.15, -0.1) is 0 Å². The number of carbonyl (C=O) groups excluding carboxylic acids is 2. The molecule has 21 heavy (non-hydrogen) atoms. The fourth-order valence-corrected chi connectivity index (χ4v) is 2.20. The third kappa shape index (κ3) is 3.62. The highest BCUT2D eigenvalue weighted by Crippen LogP contribution is 2.19. The second kappa shape index (κ2) is 6.43. The van der Waals surface area contributed by atoms with Crippen molar-refractivity contribution in [3.05, 3.63) is 36.0 Å². The highest BCUT2D eigenvalue weighted by molar-refractivity contribution is 5.86. The average molecular weight is 287 g/mol. The maximum Gasteiger partial charge on any atom is 0.241 e. The number of aromatic nitrogens is 1. The van der Waals surface area contributed by atoms with E-state index in [0.29, 0.717) is 12.8 Å². The number of nitrogens with zero attached hydrogens (tertiary/aromatic N) is 2. The Balaban J connectivity index is 1.93. The number of amides is 2. The normalized spacial score (nSPS) is 10.6. The first kappa shape index (κ1) is 15.1. The number of rotatable bonds is 5. The first-order valence-electron chi connectivity index (χ1n) is 6.98. The summed E-state index contributed by atoms with van der Waals surface area (Å²) >= 11 is 0. The Bertz CT molecular complexity index is 646. The van der Waals surface area contributed by atoms with E-state index in [1.807, 2.05) is 30.5 Å². The maximum absolute atomic E-state index is 12.1. The molecule has 2 aromatic rings. The first-order valence-corrected chi connectivity index (χ1v) is 6.98. The van der Waals surface area contributed by atoms with Crippen LogP contribution in [0.3, 0.4) is 0 Å². The largest absolute Gasteiger partial charge is 0.361 e. The first-order chi connectivity index (χ1) is 9.99. The van der Waals surface area contributed by atoms with Crippen molar-refractivity contribution in [3.63, 3.8) is 0 Å². The minimum absolute atomic E-state index is 0.0181. The lowest BCUT2D eigenvalue weighted by Crippen LogP contribution is -2.37. The molecule has 5 heteroatoms. The smallest absolute Gasteiger partial charge is 0.241 e. The maximum atomic E-state index is 12.1. The number of nitrogens with one attached hydrogen (secondary N) is 1. The second-order valence-electron chi connectivity index (χ2n) is 5.40. The molecule has 0 bridgehead atoms. The molecule has 1 aromatic heterocycles. The van der Waals surface area contributed by atoms with Gasteiger partial charge in [-0.2, -0.15) is 0 Å². The van der Waals surface area contributed by atoms with Crippen molar-refractivity contribution in [2.45, 2.75) is 12.8 Å². The molecule has 0 aliphatic carbocycles. The summed E-state index contributed by atoms with van der Waals surface area (Å²) in [6, 6.07) is 8.03. The molecule has 2 amide bonds. The van der Waals surface area contributed by atoms with Gasteiger partial charge in [-0.3, -0.25) is 9.59 Å². The predicted octanol–water partition coefficient (Wildman–Crippen LogP) is 1.65. The summed E-state index contributed by atoms with van der Waals surface area (Å²) in [6.45, 7) is 0.125. The van der Waals surface area contributed by atoms with Crippen molar-refractivity contribution < 1.29 is 9.59 Å². The van der Waals surface area contributed by atoms with E-state index in [9.17, 15) is 9.59 Å². The number of aryl methyl sites for hydroxylation is 1. The molecule has 112 valence electrons. The molecular weight excluding hydrogens is 266 g/mol. The van der Waals surface area contributed by atoms with Gasteiger partial charge in [0.15, 0.2) is 0 Å². The van der Waals surface area contributed by atoms with E-state index in [0.717, 1.165) is 16.5 Å². The lowest BCUT2D eigenvalue weighted by molar-refractivity contribution is -0.137. The zero-order chi connectivity index (χ0) is 15.4. The fraction of sp³-hybridized carbons (Fsp3) is 0.375. The van der Waals surface area contributed by atoms with Crippen LogP contribution in [0.4, 0.5) is 0 Å². The number of aromatic amines is 1. The zero-order valence-corrected chi connectivity index (χ0v) is 12.7. The molecule has 0 saturated heterocycles. The van der Waals surface area contributed by atoms with Gasteiger partial charge in [0.05, 0.1) is 6.54 Å². The molecule has 0 radical (unpaired) electrons. The topological polar surface area (TPSA) is 56.4 Å². The van der Waals surface area contributed by atoms with Gasteiger partial charge >= 0.3 is 0 Å². The van der Waals surface area contributed by atoms with E-state index in [4.69, 9.17) is 0 Å². The molecular formula is C16H21N3O2. The van der Waals surface area contributed by atoms with Crippen molar-refractivity contribution in [2.24, 2.45) is 0 Å². The summed E-state index contributed by atoms with van der Waals surface area (Å²) in [5, 5.41) is 1.15. The molecule has 1 heterocycles. The Morgan fingerprint density at radius 2 is 1.81 bits per heavy atom. The molecule has 0 saturated carbocycles. The van der Waals surface area contributed by atoms with Crippen LogP contribution in [0.15, 0.2) is 30.5 Å². The van der Waals surface area contributed by atoms with Crippen LogP contribution in [0.5, 0.6) is 0 Å². The average Bonchev–Trinajstić information content (AvgIpc) is 2.87. The van der Waals surface area contributed by atoms with Gasteiger partial charge in [0.1, 0.15) is 0 Å². The number of hydrogen-bond acceptors (Lipinski definition) is 2. The molecule has 0 aliphatic heterocycles. The van der Waals surface area contributed by atoms with E-state index < -0.39 is 0 Å². The molecule has 0 unspecified atom stereocenters. The van der Waals surface area contributed by atoms with Gasteiger partial charge in [-0.05, 0) is 18.1 Å². The minimum atomic E-state index is -0.0713. The Hall–Kier alpha value is -2.30. The van der Waals surface area contributed by atoms with Gasteiger partial charge in [0.2, 0.25) is 11.8 Å². The van der Waals surface area contributed by atoms with Crippen LogP contribution in [0.2, 0.25) is 0 Å². The van der Waals surface area contributed by atoms with Crippen LogP contribution in [0, 0.1) is 0 Å². The zero-order valence-electron chi connectivity index (χ0n) is 12.7. The van der Waals surface area contributed by atoms with E-state index in [1.165, 1.54) is 9.80 Å². The summed E-state index contributed by atoms with van der Waals surface area (Å²) in [5.41, 5.74) is 2.21. The minimum Gasteiger partial charge on any atom is -0.361 e. The van der Waals surface area contributed by atoms with E-state index in [1.54, 1.807) is 21.1 Å². The van der Waals surface area contributed by atoms with Crippen LogP contribution in [-0.4, -0.2) is 54.3 Å². The molecule has 2 rings (SSSR count). The number of H-pyrrole nitrogens is 1. The Morgan fingerprint density at radius 1 is 1.10 bits per heavy atom. The van der Waals surface area contributed by atoms with Gasteiger partial charge < -0.3 is 14.8 Å². The Kier molecular flexibility index (Phi) is 4.62. The standard InChI is InChI=1S/C16H21N3O2/c1-18(2)16(21)11-19(3)15(20)9-8-12-10-17-14-7-5-4-6-13(12)14/h4-7,10,17H,8-9,11H2,1-3H3. The number of carbonyl (C=O) groups is 2. The van der Waals surface area contributed by atoms with Crippen LogP contribution in [0.1, 0.15) is 12.0 Å². The van der Waals surface area contributed by atoms with E-state index >= 15 is 0 Å². The number of fused-ring (bicyclic) bond motifs is 1. The van der Waals surface area contributed by atoms with Crippen LogP contribution in [0.25, 0.3) is 10.9 Å². The lowest BCUT2D eigenvalue weighted by Gasteiger charge is -2.19. The summed E-state index contributed by atoms with van der Waals surface area (Å²) in [4.78, 5) is 29.8. The number of hydrogen-bond donors (Lipinski definition) is 1. The third-order valence-electron chi connectivity index (χ3n) is 3.58. The third-order valence-corrected chi connectivity index (χ3v) is 3.58. The molecule has 0 spiro atoms. The van der Waals surface area contributed by atoms with E-state index in [2.05, 4.69) is 4.98 Å². The van der Waals surface area contributed by atoms with Gasteiger partial charge in [0.25, 0.3) is 0 Å². The quantitative estimate of drug-likeness (QED) is 0.909. The SMILES string of the molecule is CN(C)C(=O)CN(C)C(=O)CCc1c[nH]c2ccccc12. The summed E-state index contributed by atoms with van der Waals surface area (Å²) in [5.74, 6) is -0.0894. The number of likely N-dealkylation sites (N-methyl/N-ethyl adjacent to an activating group) is 2. The molecule has 1 N–H and O–H groups in total. The van der Waals surface area contributed by atoms with Gasteiger partial charge in [0, 0.05) is 44.7 Å². The van der Waals surface area contributed by atoms with Crippen molar-refractivity contribution >= 4 is 22.7 Å².